The molecule has 0 amide bonds. The van der Waals surface area contributed by atoms with Gasteiger partial charge < -0.3 is 20.0 Å². The van der Waals surface area contributed by atoms with Crippen LogP contribution in [0.3, 0.4) is 0 Å². The SMILES string of the molecule is CCN(CC)c1ccc(C2Nc3ccccc3NC3=C2C(=O)CC(c2ccco2)C3)cc1. The Kier molecular flexibility index (Phi) is 5.48. The fourth-order valence-electron chi connectivity index (χ4n) is 4.93. The van der Waals surface area contributed by atoms with Gasteiger partial charge in [0.1, 0.15) is 5.76 Å². The summed E-state index contributed by atoms with van der Waals surface area (Å²) < 4.78 is 5.65. The molecule has 2 aromatic carbocycles. The van der Waals surface area contributed by atoms with Crippen LogP contribution in [0.2, 0.25) is 0 Å². The van der Waals surface area contributed by atoms with Crippen molar-refractivity contribution < 1.29 is 9.21 Å². The number of furan rings is 1. The van der Waals surface area contributed by atoms with Crippen LogP contribution in [0.15, 0.2) is 82.6 Å². The number of Topliss-reactive ketones (excluding diaryl/α,β-unsaturated/α-hetero) is 1. The van der Waals surface area contributed by atoms with Gasteiger partial charge in [-0.1, -0.05) is 24.3 Å². The molecule has 1 aromatic heterocycles. The lowest BCUT2D eigenvalue weighted by Gasteiger charge is -2.29. The standard InChI is InChI=1S/C27H29N3O2/c1-3-30(4-2)20-13-11-18(12-14-20)27-26-23(28-21-8-5-6-9-22(21)29-27)16-19(17-24(26)31)25-10-7-15-32-25/h5-15,19,27-29H,3-4,16-17H2,1-2H3. The second-order valence-corrected chi connectivity index (χ2v) is 8.45. The molecule has 2 atom stereocenters. The van der Waals surface area contributed by atoms with Crippen LogP contribution < -0.4 is 15.5 Å². The summed E-state index contributed by atoms with van der Waals surface area (Å²) >= 11 is 0. The molecule has 5 heteroatoms. The van der Waals surface area contributed by atoms with Crippen molar-refractivity contribution in [2.24, 2.45) is 0 Å². The van der Waals surface area contributed by atoms with E-state index in [-0.39, 0.29) is 17.7 Å². The van der Waals surface area contributed by atoms with E-state index in [0.29, 0.717) is 6.42 Å². The van der Waals surface area contributed by atoms with Crippen LogP contribution in [-0.2, 0) is 4.79 Å². The van der Waals surface area contributed by atoms with Crippen LogP contribution in [0, 0.1) is 0 Å². The molecule has 5 nitrogen and oxygen atoms in total. The van der Waals surface area contributed by atoms with Gasteiger partial charge in [0.25, 0.3) is 0 Å². The molecular formula is C27H29N3O2. The third-order valence-electron chi connectivity index (χ3n) is 6.61. The Balaban J connectivity index is 1.56. The molecule has 2 unspecified atom stereocenters. The number of nitrogens with zero attached hydrogens (tertiary/aromatic N) is 1. The van der Waals surface area contributed by atoms with Gasteiger partial charge in [-0.15, -0.1) is 0 Å². The number of carbonyl (C=O) groups is 1. The second-order valence-electron chi connectivity index (χ2n) is 8.45. The van der Waals surface area contributed by atoms with E-state index in [0.717, 1.165) is 53.5 Å². The highest BCUT2D eigenvalue weighted by Gasteiger charge is 2.36. The number of benzene rings is 2. The maximum absolute atomic E-state index is 13.5. The van der Waals surface area contributed by atoms with E-state index < -0.39 is 0 Å². The van der Waals surface area contributed by atoms with Crippen LogP contribution in [0.25, 0.3) is 0 Å². The summed E-state index contributed by atoms with van der Waals surface area (Å²) in [5.41, 5.74) is 6.11. The first-order valence-electron chi connectivity index (χ1n) is 11.4. The van der Waals surface area contributed by atoms with Gasteiger partial charge in [-0.2, -0.15) is 0 Å². The molecule has 0 radical (unpaired) electrons. The van der Waals surface area contributed by atoms with E-state index in [1.54, 1.807) is 6.26 Å². The van der Waals surface area contributed by atoms with Crippen molar-refractivity contribution in [1.82, 2.24) is 0 Å². The Morgan fingerprint density at radius 3 is 2.38 bits per heavy atom. The van der Waals surface area contributed by atoms with Crippen LogP contribution in [-0.4, -0.2) is 18.9 Å². The highest BCUT2D eigenvalue weighted by Crippen LogP contribution is 2.44. The monoisotopic (exact) mass is 427 g/mol. The molecular weight excluding hydrogens is 398 g/mol. The lowest BCUT2D eigenvalue weighted by molar-refractivity contribution is -0.116. The molecule has 2 aliphatic rings. The van der Waals surface area contributed by atoms with Gasteiger partial charge >= 0.3 is 0 Å². The third kappa shape index (κ3) is 3.68. The Morgan fingerprint density at radius 1 is 0.938 bits per heavy atom. The molecule has 164 valence electrons. The molecule has 32 heavy (non-hydrogen) atoms. The van der Waals surface area contributed by atoms with Gasteiger partial charge in [0, 0.05) is 42.4 Å². The maximum atomic E-state index is 13.5. The zero-order valence-corrected chi connectivity index (χ0v) is 18.6. The molecule has 5 rings (SSSR count). The van der Waals surface area contributed by atoms with Crippen molar-refractivity contribution in [3.63, 3.8) is 0 Å². The van der Waals surface area contributed by atoms with Crippen LogP contribution in [0.1, 0.15) is 50.0 Å². The molecule has 0 saturated carbocycles. The van der Waals surface area contributed by atoms with Gasteiger partial charge in [-0.05, 0) is 62.2 Å². The van der Waals surface area contributed by atoms with Crippen LogP contribution in [0.4, 0.5) is 17.1 Å². The summed E-state index contributed by atoms with van der Waals surface area (Å²) in [6.45, 7) is 6.27. The van der Waals surface area contributed by atoms with Gasteiger partial charge in [0.2, 0.25) is 0 Å². The largest absolute Gasteiger partial charge is 0.469 e. The van der Waals surface area contributed by atoms with Crippen LogP contribution in [0.5, 0.6) is 0 Å². The molecule has 0 bridgehead atoms. The first kappa shape index (κ1) is 20.4. The minimum Gasteiger partial charge on any atom is -0.469 e. The predicted octanol–water partition coefficient (Wildman–Crippen LogP) is 6.11. The fourth-order valence-corrected chi connectivity index (χ4v) is 4.93. The summed E-state index contributed by atoms with van der Waals surface area (Å²) in [7, 11) is 0. The number of ketones is 1. The van der Waals surface area contributed by atoms with Crippen molar-refractivity contribution in [3.05, 3.63) is 89.5 Å². The Morgan fingerprint density at radius 2 is 1.69 bits per heavy atom. The second kappa shape index (κ2) is 8.58. The quantitative estimate of drug-likeness (QED) is 0.515. The fraction of sp³-hybridized carbons (Fsp3) is 0.296. The average Bonchev–Trinajstić information content (AvgIpc) is 3.29. The molecule has 1 aliphatic heterocycles. The first-order valence-corrected chi connectivity index (χ1v) is 11.4. The summed E-state index contributed by atoms with van der Waals surface area (Å²) in [6, 6.07) is 20.4. The van der Waals surface area contributed by atoms with Crippen molar-refractivity contribution in [1.29, 1.82) is 0 Å². The first-order chi connectivity index (χ1) is 15.7. The summed E-state index contributed by atoms with van der Waals surface area (Å²) in [5, 5.41) is 7.23. The van der Waals surface area contributed by atoms with E-state index in [4.69, 9.17) is 4.42 Å². The zero-order valence-electron chi connectivity index (χ0n) is 18.6. The number of hydrogen-bond donors (Lipinski definition) is 2. The van der Waals surface area contributed by atoms with Crippen LogP contribution >= 0.6 is 0 Å². The lowest BCUT2D eigenvalue weighted by atomic mass is 9.80. The van der Waals surface area contributed by atoms with Crippen molar-refractivity contribution in [2.75, 3.05) is 28.6 Å². The predicted molar refractivity (Wildman–Crippen MR) is 129 cm³/mol. The molecule has 2 heterocycles. The summed E-state index contributed by atoms with van der Waals surface area (Å²) in [4.78, 5) is 15.8. The van der Waals surface area contributed by atoms with E-state index >= 15 is 0 Å². The highest BCUT2D eigenvalue weighted by atomic mass is 16.3. The number of carbonyl (C=O) groups excluding carboxylic acids is 1. The minimum absolute atomic E-state index is 0.0553. The summed E-state index contributed by atoms with van der Waals surface area (Å²) in [6.07, 6.45) is 2.89. The normalized spacial score (nSPS) is 20.0. The number of allylic oxidation sites excluding steroid dienone is 1. The smallest absolute Gasteiger partial charge is 0.163 e. The number of hydrogen-bond acceptors (Lipinski definition) is 5. The number of fused-ring (bicyclic) bond motifs is 1. The molecule has 0 fully saturated rings. The van der Waals surface area contributed by atoms with Gasteiger partial charge in [-0.25, -0.2) is 0 Å². The molecule has 3 aromatic rings. The van der Waals surface area contributed by atoms with Crippen molar-refractivity contribution >= 4 is 22.8 Å². The molecule has 0 spiro atoms. The Hall–Kier alpha value is -3.47. The summed E-state index contributed by atoms with van der Waals surface area (Å²) in [5.74, 6) is 1.09. The molecule has 2 N–H and O–H groups in total. The topological polar surface area (TPSA) is 57.5 Å². The van der Waals surface area contributed by atoms with E-state index in [9.17, 15) is 4.79 Å². The average molecular weight is 428 g/mol. The van der Waals surface area contributed by atoms with Crippen molar-refractivity contribution in [2.45, 2.75) is 38.6 Å². The molecule has 0 saturated heterocycles. The highest BCUT2D eigenvalue weighted by molar-refractivity contribution is 6.01. The van der Waals surface area contributed by atoms with E-state index in [1.807, 2.05) is 24.3 Å². The third-order valence-corrected chi connectivity index (χ3v) is 6.61. The van der Waals surface area contributed by atoms with E-state index in [1.165, 1.54) is 5.69 Å². The number of nitrogens with one attached hydrogen (secondary N) is 2. The van der Waals surface area contributed by atoms with Crippen molar-refractivity contribution in [3.8, 4) is 0 Å². The van der Waals surface area contributed by atoms with Gasteiger partial charge in [0.15, 0.2) is 5.78 Å². The minimum atomic E-state index is -0.197. The number of anilines is 3. The van der Waals surface area contributed by atoms with E-state index in [2.05, 4.69) is 65.8 Å². The number of para-hydroxylation sites is 2. The maximum Gasteiger partial charge on any atom is 0.163 e. The lowest BCUT2D eigenvalue weighted by Crippen LogP contribution is -2.27. The Bertz CT molecular complexity index is 1130. The number of rotatable bonds is 5. The zero-order chi connectivity index (χ0) is 22.1. The molecule has 1 aliphatic carbocycles. The van der Waals surface area contributed by atoms with Gasteiger partial charge in [0.05, 0.1) is 23.7 Å². The van der Waals surface area contributed by atoms with Gasteiger partial charge in [-0.3, -0.25) is 4.79 Å². The Labute approximate surface area is 189 Å².